The molecule has 0 radical (unpaired) electrons. The molecule has 2 aromatic carbocycles. The maximum Gasteiger partial charge on any atom is 0.127 e. The minimum atomic E-state index is -0.0652. The SMILES string of the molecule is CC1c2c(F)cccc2CNC1Cc1ccccc1. The first-order valence-electron chi connectivity index (χ1n) is 6.80. The molecule has 0 spiro atoms. The second-order valence-corrected chi connectivity index (χ2v) is 5.28. The van der Waals surface area contributed by atoms with Gasteiger partial charge >= 0.3 is 0 Å². The molecule has 2 unspecified atom stereocenters. The van der Waals surface area contributed by atoms with E-state index in [1.807, 2.05) is 12.1 Å². The molecule has 0 aliphatic carbocycles. The van der Waals surface area contributed by atoms with Crippen LogP contribution in [0.5, 0.6) is 0 Å². The van der Waals surface area contributed by atoms with Crippen LogP contribution in [0.15, 0.2) is 48.5 Å². The van der Waals surface area contributed by atoms with E-state index in [9.17, 15) is 4.39 Å². The molecule has 2 heteroatoms. The zero-order valence-corrected chi connectivity index (χ0v) is 11.1. The standard InChI is InChI=1S/C17H18FN/c1-12-16(10-13-6-3-2-4-7-13)19-11-14-8-5-9-15(18)17(12)14/h2-9,12,16,19H,10-11H2,1H3. The molecule has 98 valence electrons. The number of hydrogen-bond donors (Lipinski definition) is 1. The number of halogens is 1. The molecule has 0 amide bonds. The lowest BCUT2D eigenvalue weighted by atomic mass is 9.83. The number of benzene rings is 2. The number of hydrogen-bond acceptors (Lipinski definition) is 1. The first-order valence-corrected chi connectivity index (χ1v) is 6.80. The van der Waals surface area contributed by atoms with Crippen LogP contribution >= 0.6 is 0 Å². The Labute approximate surface area is 113 Å². The molecule has 0 saturated carbocycles. The zero-order chi connectivity index (χ0) is 13.2. The molecule has 2 atom stereocenters. The highest BCUT2D eigenvalue weighted by molar-refractivity contribution is 5.35. The number of rotatable bonds is 2. The first-order chi connectivity index (χ1) is 9.25. The van der Waals surface area contributed by atoms with Crippen LogP contribution in [-0.4, -0.2) is 6.04 Å². The van der Waals surface area contributed by atoms with Gasteiger partial charge in [-0.2, -0.15) is 0 Å². The van der Waals surface area contributed by atoms with Crippen LogP contribution in [0.4, 0.5) is 4.39 Å². The average molecular weight is 255 g/mol. The topological polar surface area (TPSA) is 12.0 Å². The van der Waals surface area contributed by atoms with Gasteiger partial charge in [0.2, 0.25) is 0 Å². The normalized spacial score (nSPS) is 22.0. The van der Waals surface area contributed by atoms with Crippen molar-refractivity contribution in [3.63, 3.8) is 0 Å². The van der Waals surface area contributed by atoms with E-state index in [2.05, 4.69) is 36.5 Å². The Morgan fingerprint density at radius 1 is 1.11 bits per heavy atom. The van der Waals surface area contributed by atoms with Gasteiger partial charge in [-0.25, -0.2) is 4.39 Å². The van der Waals surface area contributed by atoms with Crippen molar-refractivity contribution in [1.29, 1.82) is 0 Å². The minimum Gasteiger partial charge on any atom is -0.309 e. The van der Waals surface area contributed by atoms with Crippen LogP contribution in [0.2, 0.25) is 0 Å². The summed E-state index contributed by atoms with van der Waals surface area (Å²) in [5.74, 6) is 0.134. The molecule has 2 aromatic rings. The Bertz CT molecular complexity index is 565. The predicted molar refractivity (Wildman–Crippen MR) is 75.6 cm³/mol. The summed E-state index contributed by atoms with van der Waals surface area (Å²) >= 11 is 0. The van der Waals surface area contributed by atoms with Crippen LogP contribution in [0.25, 0.3) is 0 Å². The van der Waals surface area contributed by atoms with E-state index in [0.29, 0.717) is 6.04 Å². The summed E-state index contributed by atoms with van der Waals surface area (Å²) in [4.78, 5) is 0. The maximum atomic E-state index is 14.0. The van der Waals surface area contributed by atoms with Gasteiger partial charge in [0.25, 0.3) is 0 Å². The molecule has 1 aliphatic rings. The third-order valence-corrected chi connectivity index (χ3v) is 4.06. The second kappa shape index (κ2) is 5.14. The van der Waals surface area contributed by atoms with Gasteiger partial charge in [-0.15, -0.1) is 0 Å². The fraction of sp³-hybridized carbons (Fsp3) is 0.294. The van der Waals surface area contributed by atoms with Gasteiger partial charge in [-0.3, -0.25) is 0 Å². The van der Waals surface area contributed by atoms with Crippen molar-refractivity contribution in [2.75, 3.05) is 0 Å². The summed E-state index contributed by atoms with van der Waals surface area (Å²) in [6.45, 7) is 2.87. The van der Waals surface area contributed by atoms with Gasteiger partial charge in [-0.05, 0) is 35.1 Å². The lowest BCUT2D eigenvalue weighted by molar-refractivity contribution is 0.403. The summed E-state index contributed by atoms with van der Waals surface area (Å²) in [6, 6.07) is 16.1. The highest BCUT2D eigenvalue weighted by atomic mass is 19.1. The second-order valence-electron chi connectivity index (χ2n) is 5.28. The van der Waals surface area contributed by atoms with E-state index in [4.69, 9.17) is 0 Å². The van der Waals surface area contributed by atoms with Crippen LogP contribution in [0.1, 0.15) is 29.5 Å². The van der Waals surface area contributed by atoms with Gasteiger partial charge in [0.05, 0.1) is 0 Å². The van der Waals surface area contributed by atoms with Crippen LogP contribution in [-0.2, 0) is 13.0 Å². The van der Waals surface area contributed by atoms with Crippen molar-refractivity contribution in [2.24, 2.45) is 0 Å². The molecular weight excluding hydrogens is 237 g/mol. The average Bonchev–Trinajstić information content (AvgIpc) is 2.43. The lowest BCUT2D eigenvalue weighted by Gasteiger charge is -2.32. The molecule has 0 aromatic heterocycles. The number of fused-ring (bicyclic) bond motifs is 1. The molecule has 0 bridgehead atoms. The lowest BCUT2D eigenvalue weighted by Crippen LogP contribution is -2.40. The van der Waals surface area contributed by atoms with Crippen LogP contribution < -0.4 is 5.32 Å². The Kier molecular flexibility index (Phi) is 3.34. The van der Waals surface area contributed by atoms with Gasteiger partial charge in [0, 0.05) is 12.6 Å². The smallest absolute Gasteiger partial charge is 0.127 e. The minimum absolute atomic E-state index is 0.0652. The maximum absolute atomic E-state index is 14.0. The fourth-order valence-corrected chi connectivity index (χ4v) is 2.98. The third-order valence-electron chi connectivity index (χ3n) is 4.06. The Hall–Kier alpha value is -1.67. The summed E-state index contributed by atoms with van der Waals surface area (Å²) in [5, 5.41) is 3.53. The molecule has 0 fully saturated rings. The molecule has 1 aliphatic heterocycles. The fourth-order valence-electron chi connectivity index (χ4n) is 2.98. The van der Waals surface area contributed by atoms with Crippen molar-refractivity contribution in [1.82, 2.24) is 5.32 Å². The highest BCUT2D eigenvalue weighted by Gasteiger charge is 2.28. The predicted octanol–water partition coefficient (Wildman–Crippen LogP) is 3.64. The van der Waals surface area contributed by atoms with Gasteiger partial charge < -0.3 is 5.32 Å². The Morgan fingerprint density at radius 2 is 1.89 bits per heavy atom. The van der Waals surface area contributed by atoms with E-state index < -0.39 is 0 Å². The molecular formula is C17H18FN. The zero-order valence-electron chi connectivity index (χ0n) is 11.1. The third kappa shape index (κ3) is 2.41. The van der Waals surface area contributed by atoms with E-state index >= 15 is 0 Å². The van der Waals surface area contributed by atoms with E-state index in [-0.39, 0.29) is 11.7 Å². The highest BCUT2D eigenvalue weighted by Crippen LogP contribution is 2.31. The van der Waals surface area contributed by atoms with Crippen molar-refractivity contribution < 1.29 is 4.39 Å². The number of nitrogens with one attached hydrogen (secondary N) is 1. The largest absolute Gasteiger partial charge is 0.309 e. The van der Waals surface area contributed by atoms with E-state index in [1.54, 1.807) is 12.1 Å². The van der Waals surface area contributed by atoms with Crippen LogP contribution in [0, 0.1) is 5.82 Å². The Balaban J connectivity index is 1.85. The monoisotopic (exact) mass is 255 g/mol. The van der Waals surface area contributed by atoms with Gasteiger partial charge in [-0.1, -0.05) is 49.4 Å². The summed E-state index contributed by atoms with van der Waals surface area (Å²) in [5.41, 5.74) is 3.28. The molecule has 1 N–H and O–H groups in total. The summed E-state index contributed by atoms with van der Waals surface area (Å²) < 4.78 is 14.0. The van der Waals surface area contributed by atoms with Crippen molar-refractivity contribution in [2.45, 2.75) is 31.8 Å². The van der Waals surface area contributed by atoms with Crippen LogP contribution in [0.3, 0.4) is 0 Å². The summed E-state index contributed by atoms with van der Waals surface area (Å²) in [6.07, 6.45) is 0.940. The van der Waals surface area contributed by atoms with Gasteiger partial charge in [0.1, 0.15) is 5.82 Å². The Morgan fingerprint density at radius 3 is 2.68 bits per heavy atom. The molecule has 3 rings (SSSR count). The van der Waals surface area contributed by atoms with Crippen molar-refractivity contribution in [3.8, 4) is 0 Å². The summed E-state index contributed by atoms with van der Waals surface area (Å²) in [7, 11) is 0. The van der Waals surface area contributed by atoms with Crippen molar-refractivity contribution in [3.05, 3.63) is 71.0 Å². The molecule has 19 heavy (non-hydrogen) atoms. The molecule has 1 nitrogen and oxygen atoms in total. The van der Waals surface area contributed by atoms with E-state index in [0.717, 1.165) is 24.1 Å². The van der Waals surface area contributed by atoms with Crippen molar-refractivity contribution >= 4 is 0 Å². The quantitative estimate of drug-likeness (QED) is 0.864. The van der Waals surface area contributed by atoms with Gasteiger partial charge in [0.15, 0.2) is 0 Å². The molecule has 1 heterocycles. The molecule has 0 saturated heterocycles. The van der Waals surface area contributed by atoms with E-state index in [1.165, 1.54) is 5.56 Å². The first kappa shape index (κ1) is 12.4.